The van der Waals surface area contributed by atoms with Crippen molar-refractivity contribution in [1.29, 1.82) is 0 Å². The highest BCUT2D eigenvalue weighted by molar-refractivity contribution is 8.00. The number of carbonyl (C=O) groups excluding carboxylic acids is 1. The summed E-state index contributed by atoms with van der Waals surface area (Å²) < 4.78 is 42.5. The Labute approximate surface area is 127 Å². The van der Waals surface area contributed by atoms with Gasteiger partial charge in [0.2, 0.25) is 0 Å². The van der Waals surface area contributed by atoms with Crippen LogP contribution >= 0.6 is 11.8 Å². The van der Waals surface area contributed by atoms with Crippen LogP contribution < -0.4 is 0 Å². The number of pyridine rings is 1. The quantitative estimate of drug-likeness (QED) is 0.845. The van der Waals surface area contributed by atoms with E-state index in [0.717, 1.165) is 11.1 Å². The maximum absolute atomic E-state index is 12.5. The number of hydrogen-bond acceptors (Lipinski definition) is 5. The number of carbonyl (C=O) groups is 2. The summed E-state index contributed by atoms with van der Waals surface area (Å²) in [5, 5.41) is 8.43. The fraction of sp³-hybridized carbons (Fsp3) is 0.417. The van der Waals surface area contributed by atoms with E-state index in [2.05, 4.69) is 4.98 Å². The number of aliphatic carboxylic acids is 1. The van der Waals surface area contributed by atoms with Crippen molar-refractivity contribution in [3.05, 3.63) is 23.9 Å². The summed E-state index contributed by atoms with van der Waals surface area (Å²) in [7, 11) is 0. The molecule has 1 N–H and O–H groups in total. The standard InChI is InChI=1S/C12H11F3N2O4S/c13-12(14,15)22-9-7(2-1-3-16-9)10(18)17-4-5-21-8(6-17)11(19)20/h1-3,8H,4-6H2,(H,19,20). The number of aromatic nitrogens is 1. The van der Waals surface area contributed by atoms with Crippen LogP contribution in [0.25, 0.3) is 0 Å². The molecule has 2 rings (SSSR count). The molecule has 1 unspecified atom stereocenters. The second-order valence-electron chi connectivity index (χ2n) is 4.35. The molecular formula is C12H11F3N2O4S. The lowest BCUT2D eigenvalue weighted by Gasteiger charge is -2.31. The van der Waals surface area contributed by atoms with Crippen LogP contribution in [0.3, 0.4) is 0 Å². The Morgan fingerprint density at radius 3 is 2.82 bits per heavy atom. The van der Waals surface area contributed by atoms with Gasteiger partial charge in [-0.05, 0) is 12.1 Å². The largest absolute Gasteiger partial charge is 0.479 e. The Bertz CT molecular complexity index is 582. The SMILES string of the molecule is O=C(O)C1CN(C(=O)c2cccnc2SC(F)(F)F)CCO1. The van der Waals surface area contributed by atoms with E-state index < -0.39 is 40.3 Å². The molecule has 6 nitrogen and oxygen atoms in total. The number of hydrogen-bond donors (Lipinski definition) is 1. The first-order valence-electron chi connectivity index (χ1n) is 6.12. The summed E-state index contributed by atoms with van der Waals surface area (Å²) in [5.74, 6) is -1.93. The minimum Gasteiger partial charge on any atom is -0.479 e. The van der Waals surface area contributed by atoms with Crippen molar-refractivity contribution < 1.29 is 32.6 Å². The molecule has 22 heavy (non-hydrogen) atoms. The molecule has 10 heteroatoms. The molecule has 1 aliphatic rings. The van der Waals surface area contributed by atoms with Gasteiger partial charge in [0.15, 0.2) is 6.10 Å². The van der Waals surface area contributed by atoms with Gasteiger partial charge in [-0.25, -0.2) is 9.78 Å². The topological polar surface area (TPSA) is 79.7 Å². The van der Waals surface area contributed by atoms with Gasteiger partial charge in [-0.3, -0.25) is 4.79 Å². The smallest absolute Gasteiger partial charge is 0.447 e. The summed E-state index contributed by atoms with van der Waals surface area (Å²) >= 11 is -0.479. The first-order valence-corrected chi connectivity index (χ1v) is 6.94. The van der Waals surface area contributed by atoms with Crippen LogP contribution in [0.4, 0.5) is 13.2 Å². The summed E-state index contributed by atoms with van der Waals surface area (Å²) in [6, 6.07) is 2.58. The predicted octanol–water partition coefficient (Wildman–Crippen LogP) is 1.62. The molecule has 1 saturated heterocycles. The van der Waals surface area contributed by atoms with Crippen LogP contribution in [0.15, 0.2) is 23.4 Å². The number of thioether (sulfide) groups is 1. The Morgan fingerprint density at radius 1 is 1.45 bits per heavy atom. The zero-order chi connectivity index (χ0) is 16.3. The number of halogens is 3. The molecule has 0 aliphatic carbocycles. The highest BCUT2D eigenvalue weighted by Crippen LogP contribution is 2.37. The number of rotatable bonds is 3. The van der Waals surface area contributed by atoms with Gasteiger partial charge in [0, 0.05) is 24.5 Å². The second kappa shape index (κ2) is 6.53. The van der Waals surface area contributed by atoms with E-state index in [-0.39, 0.29) is 25.3 Å². The fourth-order valence-electron chi connectivity index (χ4n) is 1.90. The highest BCUT2D eigenvalue weighted by atomic mass is 32.2. The van der Waals surface area contributed by atoms with Gasteiger partial charge in [-0.2, -0.15) is 13.2 Å². The van der Waals surface area contributed by atoms with Crippen molar-refractivity contribution in [1.82, 2.24) is 9.88 Å². The van der Waals surface area contributed by atoms with Crippen LogP contribution in [0.5, 0.6) is 0 Å². The first kappa shape index (κ1) is 16.6. The van der Waals surface area contributed by atoms with Gasteiger partial charge in [0.25, 0.3) is 5.91 Å². The number of morpholine rings is 1. The molecule has 0 saturated carbocycles. The van der Waals surface area contributed by atoms with Crippen LogP contribution in [-0.4, -0.2) is 58.2 Å². The predicted molar refractivity (Wildman–Crippen MR) is 69.4 cm³/mol. The first-order chi connectivity index (χ1) is 10.3. The van der Waals surface area contributed by atoms with Gasteiger partial charge in [-0.1, -0.05) is 0 Å². The Kier molecular flexibility index (Phi) is 4.91. The summed E-state index contributed by atoms with van der Waals surface area (Å²) in [5.41, 5.74) is -4.78. The molecule has 1 aliphatic heterocycles. The molecule has 2 heterocycles. The summed E-state index contributed by atoms with van der Waals surface area (Å²) in [4.78, 5) is 28.0. The van der Waals surface area contributed by atoms with Gasteiger partial charge in [-0.15, -0.1) is 0 Å². The van der Waals surface area contributed by atoms with E-state index in [1.807, 2.05) is 0 Å². The van der Waals surface area contributed by atoms with Gasteiger partial charge in [0.05, 0.1) is 18.7 Å². The molecule has 0 radical (unpaired) electrons. The van der Waals surface area contributed by atoms with Crippen molar-refractivity contribution in [2.24, 2.45) is 0 Å². The van der Waals surface area contributed by atoms with E-state index in [4.69, 9.17) is 9.84 Å². The number of ether oxygens (including phenoxy) is 1. The van der Waals surface area contributed by atoms with Gasteiger partial charge >= 0.3 is 11.5 Å². The lowest BCUT2D eigenvalue weighted by molar-refractivity contribution is -0.154. The van der Waals surface area contributed by atoms with E-state index in [1.54, 1.807) is 0 Å². The maximum atomic E-state index is 12.5. The van der Waals surface area contributed by atoms with Crippen molar-refractivity contribution in [3.8, 4) is 0 Å². The zero-order valence-corrected chi connectivity index (χ0v) is 11.9. The van der Waals surface area contributed by atoms with Crippen LogP contribution in [0, 0.1) is 0 Å². The molecule has 1 aromatic rings. The minimum atomic E-state index is -4.57. The minimum absolute atomic E-state index is 0.00468. The zero-order valence-electron chi connectivity index (χ0n) is 11.0. The Balaban J connectivity index is 2.20. The van der Waals surface area contributed by atoms with Gasteiger partial charge < -0.3 is 14.7 Å². The molecule has 0 bridgehead atoms. The lowest BCUT2D eigenvalue weighted by atomic mass is 10.2. The van der Waals surface area contributed by atoms with Crippen molar-refractivity contribution >= 4 is 23.6 Å². The summed E-state index contributed by atoms with van der Waals surface area (Å²) in [6.45, 7) is -0.114. The van der Waals surface area contributed by atoms with E-state index >= 15 is 0 Å². The third-order valence-corrected chi connectivity index (χ3v) is 3.59. The lowest BCUT2D eigenvalue weighted by Crippen LogP contribution is -2.48. The molecule has 0 aromatic carbocycles. The number of nitrogens with zero attached hydrogens (tertiary/aromatic N) is 2. The Morgan fingerprint density at radius 2 is 2.18 bits per heavy atom. The second-order valence-corrected chi connectivity index (χ2v) is 5.41. The van der Waals surface area contributed by atoms with Crippen molar-refractivity contribution in [3.63, 3.8) is 0 Å². The monoisotopic (exact) mass is 336 g/mol. The number of amides is 1. The Hall–Kier alpha value is -1.81. The summed E-state index contributed by atoms with van der Waals surface area (Å²) in [6.07, 6.45) is -0.0300. The van der Waals surface area contributed by atoms with E-state index in [1.165, 1.54) is 12.1 Å². The maximum Gasteiger partial charge on any atom is 0.447 e. The molecule has 1 fully saturated rings. The molecule has 1 aromatic heterocycles. The van der Waals surface area contributed by atoms with Crippen LogP contribution in [0.2, 0.25) is 0 Å². The normalized spacial score (nSPS) is 19.0. The van der Waals surface area contributed by atoms with Crippen LogP contribution in [0.1, 0.15) is 10.4 Å². The fourth-order valence-corrected chi connectivity index (χ4v) is 2.50. The molecule has 120 valence electrons. The highest BCUT2D eigenvalue weighted by Gasteiger charge is 2.35. The number of alkyl halides is 3. The molecule has 0 spiro atoms. The van der Waals surface area contributed by atoms with Crippen LogP contribution in [-0.2, 0) is 9.53 Å². The van der Waals surface area contributed by atoms with E-state index in [0.29, 0.717) is 0 Å². The third kappa shape index (κ3) is 4.10. The van der Waals surface area contributed by atoms with Crippen molar-refractivity contribution in [2.45, 2.75) is 16.6 Å². The number of carboxylic acid groups (broad SMARTS) is 1. The number of carboxylic acids is 1. The average Bonchev–Trinajstić information content (AvgIpc) is 2.45. The van der Waals surface area contributed by atoms with Crippen molar-refractivity contribution in [2.75, 3.05) is 19.7 Å². The molecular weight excluding hydrogens is 325 g/mol. The third-order valence-electron chi connectivity index (χ3n) is 2.84. The van der Waals surface area contributed by atoms with E-state index in [9.17, 15) is 22.8 Å². The molecule has 1 atom stereocenters. The molecule has 1 amide bonds. The average molecular weight is 336 g/mol. The van der Waals surface area contributed by atoms with Gasteiger partial charge in [0.1, 0.15) is 5.03 Å².